The van der Waals surface area contributed by atoms with E-state index in [9.17, 15) is 0 Å². The average Bonchev–Trinajstić information content (AvgIpc) is 2.95. The Balaban J connectivity index is 1.98. The van der Waals surface area contributed by atoms with E-state index < -0.39 is 0 Å². The van der Waals surface area contributed by atoms with Gasteiger partial charge in [0, 0.05) is 26.9 Å². The minimum absolute atomic E-state index is 0.263. The molecule has 1 aliphatic heterocycles. The quantitative estimate of drug-likeness (QED) is 0.840. The highest BCUT2D eigenvalue weighted by Crippen LogP contribution is 2.25. The third kappa shape index (κ3) is 1.71. The molecule has 3 rings (SSSR count). The van der Waals surface area contributed by atoms with Crippen molar-refractivity contribution in [3.8, 4) is 0 Å². The molecule has 5 nitrogen and oxygen atoms in total. The summed E-state index contributed by atoms with van der Waals surface area (Å²) < 4.78 is 7.42. The van der Waals surface area contributed by atoms with Crippen molar-refractivity contribution >= 4 is 11.2 Å². The number of aryl methyl sites for hydroxylation is 1. The van der Waals surface area contributed by atoms with Gasteiger partial charge in [0.15, 0.2) is 5.65 Å². The number of rotatable bonds is 2. The van der Waals surface area contributed by atoms with Crippen LogP contribution in [0.5, 0.6) is 0 Å². The summed E-state index contributed by atoms with van der Waals surface area (Å²) in [6, 6.07) is 4.17. The van der Waals surface area contributed by atoms with Crippen LogP contribution in [0.25, 0.3) is 11.2 Å². The molecule has 0 aliphatic carbocycles. The third-order valence-electron chi connectivity index (χ3n) is 3.40. The maximum Gasteiger partial charge on any atom is 0.159 e. The van der Waals surface area contributed by atoms with Crippen LogP contribution in [-0.2, 0) is 11.8 Å². The van der Waals surface area contributed by atoms with Crippen molar-refractivity contribution in [3.05, 3.63) is 24.2 Å². The Bertz CT molecular complexity index is 536. The Morgan fingerprint density at radius 2 is 2.41 bits per heavy atom. The Hall–Kier alpha value is -1.46. The van der Waals surface area contributed by atoms with Gasteiger partial charge in [0.25, 0.3) is 0 Å². The summed E-state index contributed by atoms with van der Waals surface area (Å²) in [6.45, 7) is 0.887. The summed E-state index contributed by atoms with van der Waals surface area (Å²) >= 11 is 0. The smallest absolute Gasteiger partial charge is 0.159 e. The highest BCUT2D eigenvalue weighted by molar-refractivity contribution is 5.71. The van der Waals surface area contributed by atoms with Crippen molar-refractivity contribution in [2.75, 3.05) is 13.7 Å². The highest BCUT2D eigenvalue weighted by Gasteiger charge is 2.28. The van der Waals surface area contributed by atoms with Crippen LogP contribution in [0, 0.1) is 0 Å². The molecular weight excluding hydrogens is 216 g/mol. The van der Waals surface area contributed by atoms with Crippen LogP contribution in [0.3, 0.4) is 0 Å². The molecule has 1 aliphatic rings. The van der Waals surface area contributed by atoms with Crippen molar-refractivity contribution in [1.82, 2.24) is 19.9 Å². The molecule has 90 valence electrons. The van der Waals surface area contributed by atoms with Crippen molar-refractivity contribution in [1.29, 1.82) is 0 Å². The number of nitrogens with one attached hydrogen (secondary N) is 1. The Morgan fingerprint density at radius 1 is 1.53 bits per heavy atom. The second kappa shape index (κ2) is 4.09. The van der Waals surface area contributed by atoms with Gasteiger partial charge in [-0.25, -0.2) is 9.97 Å². The first-order valence-corrected chi connectivity index (χ1v) is 5.83. The molecule has 0 bridgehead atoms. The van der Waals surface area contributed by atoms with Gasteiger partial charge in [-0.1, -0.05) is 0 Å². The lowest BCUT2D eigenvalue weighted by Crippen LogP contribution is -2.18. The van der Waals surface area contributed by atoms with Gasteiger partial charge in [0.1, 0.15) is 11.3 Å². The Morgan fingerprint density at radius 3 is 3.12 bits per heavy atom. The summed E-state index contributed by atoms with van der Waals surface area (Å²) in [7, 11) is 3.77. The number of methoxy groups -OCH3 is 1. The number of aromatic nitrogens is 3. The number of hydrogen-bond donors (Lipinski definition) is 1. The average molecular weight is 232 g/mol. The SMILES string of the molecule is COC1CNC(c2nc3cccnc3n2C)C1. The van der Waals surface area contributed by atoms with E-state index in [-0.39, 0.29) is 12.1 Å². The van der Waals surface area contributed by atoms with Gasteiger partial charge in [0.05, 0.1) is 12.1 Å². The van der Waals surface area contributed by atoms with E-state index >= 15 is 0 Å². The van der Waals surface area contributed by atoms with Crippen LogP contribution < -0.4 is 5.32 Å². The molecule has 1 fully saturated rings. The zero-order valence-electron chi connectivity index (χ0n) is 10.1. The van der Waals surface area contributed by atoms with Gasteiger partial charge in [-0.3, -0.25) is 0 Å². The molecule has 0 saturated carbocycles. The molecule has 1 saturated heterocycles. The van der Waals surface area contributed by atoms with Crippen LogP contribution in [0.15, 0.2) is 18.3 Å². The zero-order valence-corrected chi connectivity index (χ0v) is 10.1. The summed E-state index contributed by atoms with van der Waals surface area (Å²) in [5.41, 5.74) is 1.89. The lowest BCUT2D eigenvalue weighted by atomic mass is 10.2. The van der Waals surface area contributed by atoms with Crippen LogP contribution in [-0.4, -0.2) is 34.3 Å². The predicted molar refractivity (Wildman–Crippen MR) is 64.7 cm³/mol. The van der Waals surface area contributed by atoms with Crippen molar-refractivity contribution in [3.63, 3.8) is 0 Å². The second-order valence-electron chi connectivity index (χ2n) is 4.43. The van der Waals surface area contributed by atoms with Gasteiger partial charge in [-0.2, -0.15) is 0 Å². The highest BCUT2D eigenvalue weighted by atomic mass is 16.5. The molecule has 5 heteroatoms. The maximum atomic E-state index is 5.36. The number of ether oxygens (including phenoxy) is 1. The Labute approximate surface area is 99.8 Å². The molecule has 3 heterocycles. The predicted octanol–water partition coefficient (Wildman–Crippen LogP) is 1.02. The first-order chi connectivity index (χ1) is 8.29. The van der Waals surface area contributed by atoms with E-state index in [2.05, 4.69) is 19.9 Å². The van der Waals surface area contributed by atoms with Crippen LogP contribution >= 0.6 is 0 Å². The molecule has 2 atom stereocenters. The number of nitrogens with zero attached hydrogens (tertiary/aromatic N) is 3. The molecule has 1 N–H and O–H groups in total. The first kappa shape index (κ1) is 10.7. The third-order valence-corrected chi connectivity index (χ3v) is 3.40. The molecular formula is C12H16N4O. The normalized spacial score (nSPS) is 24.6. The first-order valence-electron chi connectivity index (χ1n) is 5.83. The van der Waals surface area contributed by atoms with E-state index in [1.54, 1.807) is 13.3 Å². The molecule has 0 spiro atoms. The maximum absolute atomic E-state index is 5.36. The molecule has 2 aromatic heterocycles. The molecule has 2 unspecified atom stereocenters. The number of imidazole rings is 1. The number of fused-ring (bicyclic) bond motifs is 1. The van der Waals surface area contributed by atoms with E-state index in [0.717, 1.165) is 30.0 Å². The molecule has 2 aromatic rings. The van der Waals surface area contributed by atoms with Crippen molar-refractivity contribution < 1.29 is 4.74 Å². The van der Waals surface area contributed by atoms with Gasteiger partial charge in [-0.15, -0.1) is 0 Å². The standard InChI is InChI=1S/C12H16N4O/c1-16-11-9(4-3-5-13-11)15-12(16)10-6-8(17-2)7-14-10/h3-5,8,10,14H,6-7H2,1-2H3. The summed E-state index contributed by atoms with van der Waals surface area (Å²) in [5, 5.41) is 3.44. The number of hydrogen-bond acceptors (Lipinski definition) is 4. The van der Waals surface area contributed by atoms with Crippen molar-refractivity contribution in [2.24, 2.45) is 7.05 Å². The summed E-state index contributed by atoms with van der Waals surface area (Å²) in [5.74, 6) is 1.04. The summed E-state index contributed by atoms with van der Waals surface area (Å²) in [6.07, 6.45) is 3.05. The van der Waals surface area contributed by atoms with E-state index in [0.29, 0.717) is 0 Å². The topological polar surface area (TPSA) is 52.0 Å². The minimum Gasteiger partial charge on any atom is -0.380 e. The fourth-order valence-electron chi connectivity index (χ4n) is 2.43. The lowest BCUT2D eigenvalue weighted by molar-refractivity contribution is 0.117. The fraction of sp³-hybridized carbons (Fsp3) is 0.500. The van der Waals surface area contributed by atoms with E-state index in [1.165, 1.54) is 0 Å². The summed E-state index contributed by atoms with van der Waals surface area (Å²) in [4.78, 5) is 9.00. The van der Waals surface area contributed by atoms with Crippen LogP contribution in [0.2, 0.25) is 0 Å². The van der Waals surface area contributed by atoms with Gasteiger partial charge < -0.3 is 14.6 Å². The van der Waals surface area contributed by atoms with Gasteiger partial charge in [-0.05, 0) is 18.6 Å². The Kier molecular flexibility index (Phi) is 2.57. The van der Waals surface area contributed by atoms with Crippen LogP contribution in [0.4, 0.5) is 0 Å². The molecule has 0 radical (unpaired) electrons. The van der Waals surface area contributed by atoms with Crippen molar-refractivity contribution in [2.45, 2.75) is 18.6 Å². The monoisotopic (exact) mass is 232 g/mol. The number of pyridine rings is 1. The lowest BCUT2D eigenvalue weighted by Gasteiger charge is -2.09. The van der Waals surface area contributed by atoms with E-state index in [1.807, 2.05) is 19.2 Å². The fourth-order valence-corrected chi connectivity index (χ4v) is 2.43. The zero-order chi connectivity index (χ0) is 11.8. The van der Waals surface area contributed by atoms with Gasteiger partial charge >= 0.3 is 0 Å². The molecule has 0 amide bonds. The minimum atomic E-state index is 0.263. The second-order valence-corrected chi connectivity index (χ2v) is 4.43. The van der Waals surface area contributed by atoms with E-state index in [4.69, 9.17) is 4.74 Å². The van der Waals surface area contributed by atoms with Gasteiger partial charge in [0.2, 0.25) is 0 Å². The van der Waals surface area contributed by atoms with Crippen LogP contribution in [0.1, 0.15) is 18.3 Å². The molecule has 0 aromatic carbocycles. The largest absolute Gasteiger partial charge is 0.380 e. The molecule has 17 heavy (non-hydrogen) atoms.